The summed E-state index contributed by atoms with van der Waals surface area (Å²) in [6.07, 6.45) is 2.08. The van der Waals surface area contributed by atoms with Gasteiger partial charge in [0.25, 0.3) is 0 Å². The fourth-order valence-corrected chi connectivity index (χ4v) is 4.60. The molecule has 0 unspecified atom stereocenters. The maximum absolute atomic E-state index is 15.0. The lowest BCUT2D eigenvalue weighted by atomic mass is 9.78. The highest BCUT2D eigenvalue weighted by Gasteiger charge is 2.31. The summed E-state index contributed by atoms with van der Waals surface area (Å²) in [5, 5.41) is 0. The van der Waals surface area contributed by atoms with Gasteiger partial charge in [0.2, 0.25) is 0 Å². The predicted octanol–water partition coefficient (Wildman–Crippen LogP) is 7.50. The SMILES string of the molecule is CCOCc1ccc(OC(=O)C2CCC(c3ccc(-c4ccc(C)cc4)c(F)c3F)CC2)cc1F. The molecule has 1 aliphatic rings. The first-order valence-corrected chi connectivity index (χ1v) is 12.0. The Hall–Kier alpha value is -3.12. The van der Waals surface area contributed by atoms with Crippen LogP contribution in [0.5, 0.6) is 5.75 Å². The van der Waals surface area contributed by atoms with Crippen LogP contribution in [0.15, 0.2) is 54.6 Å². The van der Waals surface area contributed by atoms with Crippen molar-refractivity contribution < 1.29 is 27.4 Å². The van der Waals surface area contributed by atoms with Crippen molar-refractivity contribution in [2.24, 2.45) is 5.92 Å². The highest BCUT2D eigenvalue weighted by molar-refractivity contribution is 5.75. The Kier molecular flexibility index (Phi) is 7.91. The van der Waals surface area contributed by atoms with Crippen LogP contribution in [0.25, 0.3) is 11.1 Å². The van der Waals surface area contributed by atoms with Crippen molar-refractivity contribution in [3.8, 4) is 16.9 Å². The zero-order valence-corrected chi connectivity index (χ0v) is 20.0. The van der Waals surface area contributed by atoms with Gasteiger partial charge in [-0.25, -0.2) is 13.2 Å². The molecule has 3 aromatic rings. The summed E-state index contributed by atoms with van der Waals surface area (Å²) in [4.78, 5) is 12.6. The minimum Gasteiger partial charge on any atom is -0.426 e. The van der Waals surface area contributed by atoms with E-state index >= 15 is 0 Å². The second kappa shape index (κ2) is 11.1. The number of ether oxygens (including phenoxy) is 2. The molecule has 6 heteroatoms. The monoisotopic (exact) mass is 482 g/mol. The zero-order valence-electron chi connectivity index (χ0n) is 20.0. The van der Waals surface area contributed by atoms with Gasteiger partial charge in [0.05, 0.1) is 12.5 Å². The van der Waals surface area contributed by atoms with Gasteiger partial charge in [-0.3, -0.25) is 4.79 Å². The molecule has 0 N–H and O–H groups in total. The van der Waals surface area contributed by atoms with Crippen molar-refractivity contribution in [1.82, 2.24) is 0 Å². The second-order valence-corrected chi connectivity index (χ2v) is 9.06. The third-order valence-corrected chi connectivity index (χ3v) is 6.68. The molecule has 0 heterocycles. The smallest absolute Gasteiger partial charge is 0.314 e. The molecular weight excluding hydrogens is 453 g/mol. The van der Waals surface area contributed by atoms with Crippen molar-refractivity contribution in [3.63, 3.8) is 0 Å². The minimum atomic E-state index is -0.845. The molecule has 35 heavy (non-hydrogen) atoms. The molecule has 4 rings (SSSR count). The van der Waals surface area contributed by atoms with Gasteiger partial charge in [-0.05, 0) is 62.6 Å². The molecule has 3 aromatic carbocycles. The molecule has 3 nitrogen and oxygen atoms in total. The van der Waals surface area contributed by atoms with Crippen molar-refractivity contribution in [2.75, 3.05) is 6.61 Å². The number of esters is 1. The highest BCUT2D eigenvalue weighted by atomic mass is 19.2. The summed E-state index contributed by atoms with van der Waals surface area (Å²) in [5.41, 5.74) is 2.66. The number of hydrogen-bond donors (Lipinski definition) is 0. The van der Waals surface area contributed by atoms with Gasteiger partial charge in [-0.2, -0.15) is 0 Å². The molecule has 184 valence electrons. The number of halogens is 3. The van der Waals surface area contributed by atoms with Crippen LogP contribution in [-0.4, -0.2) is 12.6 Å². The van der Waals surface area contributed by atoms with Crippen LogP contribution < -0.4 is 4.74 Å². The van der Waals surface area contributed by atoms with E-state index in [-0.39, 0.29) is 29.8 Å². The van der Waals surface area contributed by atoms with E-state index in [9.17, 15) is 18.0 Å². The average molecular weight is 483 g/mol. The predicted molar refractivity (Wildman–Crippen MR) is 129 cm³/mol. The Morgan fingerprint density at radius 2 is 1.63 bits per heavy atom. The molecule has 0 saturated heterocycles. The third kappa shape index (κ3) is 5.76. The van der Waals surface area contributed by atoms with Gasteiger partial charge in [-0.15, -0.1) is 0 Å². The number of carbonyl (C=O) groups excluding carboxylic acids is 1. The summed E-state index contributed by atoms with van der Waals surface area (Å²) < 4.78 is 54.7. The lowest BCUT2D eigenvalue weighted by Crippen LogP contribution is -2.25. The number of hydrogen-bond acceptors (Lipinski definition) is 3. The number of aryl methyl sites for hydroxylation is 1. The van der Waals surface area contributed by atoms with Crippen LogP contribution >= 0.6 is 0 Å². The number of carbonyl (C=O) groups is 1. The fraction of sp³-hybridized carbons (Fsp3) is 0.345. The summed E-state index contributed by atoms with van der Waals surface area (Å²) in [7, 11) is 0. The van der Waals surface area contributed by atoms with Crippen LogP contribution in [0.1, 0.15) is 55.2 Å². The topological polar surface area (TPSA) is 35.5 Å². The van der Waals surface area contributed by atoms with E-state index in [0.717, 1.165) is 5.56 Å². The molecule has 0 atom stereocenters. The van der Waals surface area contributed by atoms with Crippen LogP contribution in [0.3, 0.4) is 0 Å². The van der Waals surface area contributed by atoms with E-state index in [1.54, 1.807) is 36.4 Å². The number of benzene rings is 3. The highest BCUT2D eigenvalue weighted by Crippen LogP contribution is 2.39. The Labute approximate surface area is 203 Å². The van der Waals surface area contributed by atoms with Gasteiger partial charge >= 0.3 is 5.97 Å². The standard InChI is InChI=1S/C29H29F3O3/c1-3-34-17-22-12-13-23(16-26(22)30)35-29(33)21-10-8-20(9-11-21)25-15-14-24(27(31)28(25)32)19-6-4-18(2)5-7-19/h4-7,12-16,20-21H,3,8-11,17H2,1-2H3. The molecule has 0 aliphatic heterocycles. The van der Waals surface area contributed by atoms with E-state index in [1.165, 1.54) is 6.07 Å². The molecule has 1 fully saturated rings. The first kappa shape index (κ1) is 25.0. The molecule has 1 aliphatic carbocycles. The molecular formula is C29H29F3O3. The van der Waals surface area contributed by atoms with Crippen molar-refractivity contribution in [3.05, 3.63) is 88.7 Å². The van der Waals surface area contributed by atoms with Crippen molar-refractivity contribution in [1.29, 1.82) is 0 Å². The first-order valence-electron chi connectivity index (χ1n) is 12.0. The van der Waals surface area contributed by atoms with Gasteiger partial charge in [0.1, 0.15) is 11.6 Å². The van der Waals surface area contributed by atoms with E-state index < -0.39 is 23.4 Å². The van der Waals surface area contributed by atoms with E-state index in [1.807, 2.05) is 26.0 Å². The van der Waals surface area contributed by atoms with E-state index in [4.69, 9.17) is 9.47 Å². The molecule has 0 bridgehead atoms. The average Bonchev–Trinajstić information content (AvgIpc) is 2.86. The molecule has 0 amide bonds. The van der Waals surface area contributed by atoms with Gasteiger partial charge < -0.3 is 9.47 Å². The van der Waals surface area contributed by atoms with E-state index in [0.29, 0.717) is 49.0 Å². The van der Waals surface area contributed by atoms with Gasteiger partial charge in [0, 0.05) is 23.8 Å². The first-order chi connectivity index (χ1) is 16.9. The molecule has 0 aromatic heterocycles. The summed E-state index contributed by atoms with van der Waals surface area (Å²) in [6, 6.07) is 14.9. The lowest BCUT2D eigenvalue weighted by Gasteiger charge is -2.28. The Bertz CT molecular complexity index is 1180. The van der Waals surface area contributed by atoms with Crippen LogP contribution in [0.2, 0.25) is 0 Å². The van der Waals surface area contributed by atoms with Crippen LogP contribution in [0, 0.1) is 30.3 Å². The molecule has 0 spiro atoms. The van der Waals surface area contributed by atoms with E-state index in [2.05, 4.69) is 0 Å². The largest absolute Gasteiger partial charge is 0.426 e. The van der Waals surface area contributed by atoms with Gasteiger partial charge in [0.15, 0.2) is 11.6 Å². The lowest BCUT2D eigenvalue weighted by molar-refractivity contribution is -0.140. The zero-order chi connectivity index (χ0) is 24.9. The maximum Gasteiger partial charge on any atom is 0.314 e. The Balaban J connectivity index is 1.38. The third-order valence-electron chi connectivity index (χ3n) is 6.68. The normalized spacial score (nSPS) is 17.9. The summed E-state index contributed by atoms with van der Waals surface area (Å²) >= 11 is 0. The number of rotatable bonds is 7. The van der Waals surface area contributed by atoms with Crippen molar-refractivity contribution in [2.45, 2.75) is 52.1 Å². The van der Waals surface area contributed by atoms with Crippen LogP contribution in [0.4, 0.5) is 13.2 Å². The van der Waals surface area contributed by atoms with Gasteiger partial charge in [-0.1, -0.05) is 48.0 Å². The quantitative estimate of drug-likeness (QED) is 0.258. The van der Waals surface area contributed by atoms with Crippen molar-refractivity contribution >= 4 is 5.97 Å². The molecule has 1 saturated carbocycles. The second-order valence-electron chi connectivity index (χ2n) is 9.06. The van der Waals surface area contributed by atoms with Crippen LogP contribution in [-0.2, 0) is 16.1 Å². The minimum absolute atomic E-state index is 0.148. The summed E-state index contributed by atoms with van der Waals surface area (Å²) in [5.74, 6) is -2.97. The molecule has 0 radical (unpaired) electrons. The maximum atomic E-state index is 15.0. The summed E-state index contributed by atoms with van der Waals surface area (Å²) in [6.45, 7) is 4.40. The Morgan fingerprint density at radius 3 is 2.29 bits per heavy atom. The Morgan fingerprint density at radius 1 is 0.914 bits per heavy atom. The fourth-order valence-electron chi connectivity index (χ4n) is 4.60.